The molecule has 0 saturated heterocycles. The lowest BCUT2D eigenvalue weighted by Crippen LogP contribution is -1.95. The molecule has 4 heteroatoms. The van der Waals surface area contributed by atoms with Crippen molar-refractivity contribution in [2.45, 2.75) is 13.8 Å². The molecule has 1 aromatic carbocycles. The summed E-state index contributed by atoms with van der Waals surface area (Å²) in [4.78, 5) is 4.08. The van der Waals surface area contributed by atoms with Gasteiger partial charge in [-0.25, -0.2) is 9.37 Å². The number of nitrogens with zero attached hydrogens (tertiary/aromatic N) is 1. The van der Waals surface area contributed by atoms with Crippen LogP contribution in [-0.4, -0.2) is 4.98 Å². The van der Waals surface area contributed by atoms with Gasteiger partial charge in [0.1, 0.15) is 11.6 Å². The Labute approximate surface area is 99.1 Å². The van der Waals surface area contributed by atoms with Crippen LogP contribution in [0.2, 0.25) is 0 Å². The van der Waals surface area contributed by atoms with Crippen molar-refractivity contribution in [2.24, 2.45) is 0 Å². The van der Waals surface area contributed by atoms with Crippen LogP contribution in [0.1, 0.15) is 11.1 Å². The summed E-state index contributed by atoms with van der Waals surface area (Å²) in [6.07, 6.45) is 1.62. The van der Waals surface area contributed by atoms with Gasteiger partial charge in [0.2, 0.25) is 5.88 Å². The van der Waals surface area contributed by atoms with Crippen LogP contribution in [-0.2, 0) is 0 Å². The Hall–Kier alpha value is -2.10. The maximum atomic E-state index is 13.1. The Kier molecular flexibility index (Phi) is 2.95. The van der Waals surface area contributed by atoms with Crippen LogP contribution in [0.15, 0.2) is 30.5 Å². The van der Waals surface area contributed by atoms with E-state index in [9.17, 15) is 4.39 Å². The van der Waals surface area contributed by atoms with Gasteiger partial charge in [-0.2, -0.15) is 0 Å². The quantitative estimate of drug-likeness (QED) is 0.864. The van der Waals surface area contributed by atoms with E-state index >= 15 is 0 Å². The van der Waals surface area contributed by atoms with Crippen molar-refractivity contribution in [1.82, 2.24) is 4.98 Å². The Morgan fingerprint density at radius 3 is 2.65 bits per heavy atom. The topological polar surface area (TPSA) is 48.1 Å². The maximum absolute atomic E-state index is 13.1. The summed E-state index contributed by atoms with van der Waals surface area (Å²) in [7, 11) is 0. The third-order valence-corrected chi connectivity index (χ3v) is 2.48. The van der Waals surface area contributed by atoms with Crippen LogP contribution < -0.4 is 10.5 Å². The molecule has 0 aliphatic carbocycles. The van der Waals surface area contributed by atoms with E-state index < -0.39 is 0 Å². The number of rotatable bonds is 2. The van der Waals surface area contributed by atoms with Gasteiger partial charge in [-0.15, -0.1) is 0 Å². The van der Waals surface area contributed by atoms with Crippen LogP contribution >= 0.6 is 0 Å². The van der Waals surface area contributed by atoms with Gasteiger partial charge in [0.15, 0.2) is 0 Å². The smallest absolute Gasteiger partial charge is 0.221 e. The summed E-state index contributed by atoms with van der Waals surface area (Å²) in [5, 5.41) is 0. The molecule has 2 N–H and O–H groups in total. The average Bonchev–Trinajstić information content (AvgIpc) is 2.29. The SMILES string of the molecule is Cc1cnc(Oc2cc(F)ccc2C)cc1N. The van der Waals surface area contributed by atoms with Crippen molar-refractivity contribution in [3.63, 3.8) is 0 Å². The largest absolute Gasteiger partial charge is 0.439 e. The summed E-state index contributed by atoms with van der Waals surface area (Å²) < 4.78 is 18.6. The number of ether oxygens (including phenoxy) is 1. The molecule has 0 saturated carbocycles. The molecule has 0 aliphatic heterocycles. The zero-order chi connectivity index (χ0) is 12.4. The van der Waals surface area contributed by atoms with Crippen molar-refractivity contribution in [3.05, 3.63) is 47.4 Å². The predicted octanol–water partition coefficient (Wildman–Crippen LogP) is 3.21. The Balaban J connectivity index is 2.31. The summed E-state index contributed by atoms with van der Waals surface area (Å²) in [5.74, 6) is 0.466. The third kappa shape index (κ3) is 2.53. The lowest BCUT2D eigenvalue weighted by Gasteiger charge is -2.09. The van der Waals surface area contributed by atoms with E-state index in [0.717, 1.165) is 11.1 Å². The van der Waals surface area contributed by atoms with Crippen molar-refractivity contribution >= 4 is 5.69 Å². The molecule has 17 heavy (non-hydrogen) atoms. The molecule has 0 unspecified atom stereocenters. The number of pyridine rings is 1. The second-order valence-corrected chi connectivity index (χ2v) is 3.89. The summed E-state index contributed by atoms with van der Waals surface area (Å²) in [5.41, 5.74) is 8.07. The van der Waals surface area contributed by atoms with Gasteiger partial charge in [0.25, 0.3) is 0 Å². The highest BCUT2D eigenvalue weighted by Crippen LogP contribution is 2.26. The van der Waals surface area contributed by atoms with E-state index in [1.807, 2.05) is 13.8 Å². The molecule has 88 valence electrons. The van der Waals surface area contributed by atoms with Gasteiger partial charge in [-0.3, -0.25) is 0 Å². The molecule has 0 radical (unpaired) electrons. The monoisotopic (exact) mass is 232 g/mol. The van der Waals surface area contributed by atoms with Gasteiger partial charge in [-0.1, -0.05) is 6.07 Å². The molecule has 0 amide bonds. The molecule has 1 heterocycles. The summed E-state index contributed by atoms with van der Waals surface area (Å²) >= 11 is 0. The molecule has 0 spiro atoms. The minimum absolute atomic E-state index is 0.342. The van der Waals surface area contributed by atoms with E-state index in [4.69, 9.17) is 10.5 Å². The molecule has 3 nitrogen and oxygen atoms in total. The number of aryl methyl sites for hydroxylation is 2. The maximum Gasteiger partial charge on any atom is 0.221 e. The predicted molar refractivity (Wildman–Crippen MR) is 64.6 cm³/mol. The van der Waals surface area contributed by atoms with E-state index in [0.29, 0.717) is 17.3 Å². The van der Waals surface area contributed by atoms with Gasteiger partial charge < -0.3 is 10.5 Å². The first-order valence-electron chi connectivity index (χ1n) is 5.22. The second-order valence-electron chi connectivity index (χ2n) is 3.89. The molecule has 0 atom stereocenters. The normalized spacial score (nSPS) is 10.3. The number of hydrogen-bond acceptors (Lipinski definition) is 3. The number of benzene rings is 1. The highest BCUT2D eigenvalue weighted by atomic mass is 19.1. The molecule has 2 aromatic rings. The minimum atomic E-state index is -0.342. The fourth-order valence-corrected chi connectivity index (χ4v) is 1.37. The Bertz CT molecular complexity index is 555. The highest BCUT2D eigenvalue weighted by Gasteiger charge is 2.05. The first kappa shape index (κ1) is 11.4. The lowest BCUT2D eigenvalue weighted by atomic mass is 10.2. The molecule has 0 bridgehead atoms. The average molecular weight is 232 g/mol. The fourth-order valence-electron chi connectivity index (χ4n) is 1.37. The first-order chi connectivity index (χ1) is 8.06. The zero-order valence-electron chi connectivity index (χ0n) is 9.70. The van der Waals surface area contributed by atoms with Crippen molar-refractivity contribution in [1.29, 1.82) is 0 Å². The molecule has 0 fully saturated rings. The van der Waals surface area contributed by atoms with Crippen LogP contribution in [0.4, 0.5) is 10.1 Å². The van der Waals surface area contributed by atoms with E-state index in [1.165, 1.54) is 12.1 Å². The molecule has 2 rings (SSSR count). The summed E-state index contributed by atoms with van der Waals surface area (Å²) in [6.45, 7) is 3.70. The second kappa shape index (κ2) is 4.41. The number of anilines is 1. The Morgan fingerprint density at radius 2 is 1.94 bits per heavy atom. The number of aromatic nitrogens is 1. The van der Waals surface area contributed by atoms with Gasteiger partial charge >= 0.3 is 0 Å². The number of nitrogen functional groups attached to an aromatic ring is 1. The lowest BCUT2D eigenvalue weighted by molar-refractivity contribution is 0.454. The van der Waals surface area contributed by atoms with Crippen molar-refractivity contribution < 1.29 is 9.13 Å². The standard InChI is InChI=1S/C13H13FN2O/c1-8-3-4-10(14)5-12(8)17-13-6-11(15)9(2)7-16-13/h3-7H,1-2H3,(H2,15,16). The van der Waals surface area contributed by atoms with Crippen LogP contribution in [0.25, 0.3) is 0 Å². The fraction of sp³-hybridized carbons (Fsp3) is 0.154. The highest BCUT2D eigenvalue weighted by molar-refractivity contribution is 5.48. The van der Waals surface area contributed by atoms with Gasteiger partial charge in [-0.05, 0) is 31.0 Å². The van der Waals surface area contributed by atoms with E-state index in [-0.39, 0.29) is 5.82 Å². The molecule has 0 aliphatic rings. The third-order valence-electron chi connectivity index (χ3n) is 2.48. The Morgan fingerprint density at radius 1 is 1.18 bits per heavy atom. The zero-order valence-corrected chi connectivity index (χ0v) is 9.70. The number of hydrogen-bond donors (Lipinski definition) is 1. The molecular weight excluding hydrogens is 219 g/mol. The van der Waals surface area contributed by atoms with Crippen LogP contribution in [0, 0.1) is 19.7 Å². The van der Waals surface area contributed by atoms with Crippen molar-refractivity contribution in [2.75, 3.05) is 5.73 Å². The summed E-state index contributed by atoms with van der Waals surface area (Å²) in [6, 6.07) is 5.99. The van der Waals surface area contributed by atoms with Gasteiger partial charge in [0.05, 0.1) is 0 Å². The van der Waals surface area contributed by atoms with Crippen LogP contribution in [0.5, 0.6) is 11.6 Å². The number of nitrogens with two attached hydrogens (primary N) is 1. The minimum Gasteiger partial charge on any atom is -0.439 e. The first-order valence-corrected chi connectivity index (χ1v) is 5.22. The van der Waals surface area contributed by atoms with Gasteiger partial charge in [0, 0.05) is 24.0 Å². The van der Waals surface area contributed by atoms with E-state index in [2.05, 4.69) is 4.98 Å². The molecular formula is C13H13FN2O. The van der Waals surface area contributed by atoms with Crippen LogP contribution in [0.3, 0.4) is 0 Å². The van der Waals surface area contributed by atoms with Crippen molar-refractivity contribution in [3.8, 4) is 11.6 Å². The number of halogens is 1. The van der Waals surface area contributed by atoms with E-state index in [1.54, 1.807) is 18.3 Å². The molecule has 1 aromatic heterocycles.